The molecule has 43 heavy (non-hydrogen) atoms. The number of fused-ring (bicyclic) bond motifs is 1. The molecule has 3 aromatic carbocycles. The zero-order valence-electron chi connectivity index (χ0n) is 23.7. The van der Waals surface area contributed by atoms with Crippen LogP contribution in [0.3, 0.4) is 0 Å². The average Bonchev–Trinajstić information content (AvgIpc) is 3.05. The van der Waals surface area contributed by atoms with Gasteiger partial charge in [-0.3, -0.25) is 4.90 Å². The summed E-state index contributed by atoms with van der Waals surface area (Å²) >= 11 is 10.6. The third-order valence-corrected chi connectivity index (χ3v) is 8.84. The summed E-state index contributed by atoms with van der Waals surface area (Å²) in [5, 5.41) is 9.77. The van der Waals surface area contributed by atoms with Crippen LogP contribution in [-0.4, -0.2) is 36.2 Å². The Morgan fingerprint density at radius 1 is 0.884 bits per heavy atom. The number of hydrogen-bond donors (Lipinski definition) is 0. The second kappa shape index (κ2) is 13.7. The lowest BCUT2D eigenvalue weighted by molar-refractivity contribution is 0.171. The van der Waals surface area contributed by atoms with Crippen LogP contribution in [-0.2, 0) is 19.8 Å². The summed E-state index contributed by atoms with van der Waals surface area (Å²) in [5.41, 5.74) is 5.26. The highest BCUT2D eigenvalue weighted by Crippen LogP contribution is 2.39. The van der Waals surface area contributed by atoms with Crippen molar-refractivity contribution in [3.63, 3.8) is 0 Å². The van der Waals surface area contributed by atoms with Gasteiger partial charge < -0.3 is 18.9 Å². The number of rotatable bonds is 9. The molecule has 4 aromatic rings. The molecule has 3 heterocycles. The molecule has 0 N–H and O–H groups in total. The summed E-state index contributed by atoms with van der Waals surface area (Å²) in [7, 11) is 0. The Kier molecular flexibility index (Phi) is 9.33. The van der Waals surface area contributed by atoms with Crippen LogP contribution in [0.15, 0.2) is 71.3 Å². The van der Waals surface area contributed by atoms with Crippen LogP contribution >= 0.6 is 27.5 Å². The normalized spacial score (nSPS) is 14.6. The molecule has 0 bridgehead atoms. The van der Waals surface area contributed by atoms with Crippen molar-refractivity contribution in [3.8, 4) is 40.2 Å². The number of nitriles is 1. The number of pyridine rings is 1. The van der Waals surface area contributed by atoms with Crippen LogP contribution in [0.25, 0.3) is 11.1 Å². The minimum Gasteiger partial charge on any atom is -0.488 e. The first-order valence-electron chi connectivity index (χ1n) is 14.4. The summed E-state index contributed by atoms with van der Waals surface area (Å²) < 4.78 is 25.0. The van der Waals surface area contributed by atoms with Gasteiger partial charge in [0, 0.05) is 34.4 Å². The van der Waals surface area contributed by atoms with Crippen LogP contribution in [0.1, 0.15) is 41.6 Å². The number of piperidine rings is 1. The molecule has 7 nitrogen and oxygen atoms in total. The number of aromatic nitrogens is 1. The lowest BCUT2D eigenvalue weighted by atomic mass is 10.0. The number of halogens is 2. The SMILES string of the molecule is N#Cc1cc(COc2cc(OCc3cccc(-c4ccc5c(c4)OCCO5)c3Br)c(Cl)cc2CN2CCCCC2)ccn1. The highest BCUT2D eigenvalue weighted by atomic mass is 79.9. The summed E-state index contributed by atoms with van der Waals surface area (Å²) in [4.78, 5) is 6.50. The van der Waals surface area contributed by atoms with Crippen molar-refractivity contribution in [2.24, 2.45) is 0 Å². The average molecular weight is 661 g/mol. The third kappa shape index (κ3) is 7.07. The Morgan fingerprint density at radius 3 is 2.53 bits per heavy atom. The minimum absolute atomic E-state index is 0.300. The van der Waals surface area contributed by atoms with Crippen molar-refractivity contribution < 1.29 is 18.9 Å². The molecule has 9 heteroatoms. The van der Waals surface area contributed by atoms with E-state index < -0.39 is 0 Å². The molecule has 0 unspecified atom stereocenters. The topological polar surface area (TPSA) is 76.8 Å². The van der Waals surface area contributed by atoms with Gasteiger partial charge in [-0.2, -0.15) is 5.26 Å². The Hall–Kier alpha value is -3.77. The zero-order chi connectivity index (χ0) is 29.6. The van der Waals surface area contributed by atoms with Crippen LogP contribution in [0, 0.1) is 11.3 Å². The van der Waals surface area contributed by atoms with Crippen LogP contribution in [0.4, 0.5) is 0 Å². The molecule has 1 fully saturated rings. The fourth-order valence-corrected chi connectivity index (χ4v) is 6.22. The lowest BCUT2D eigenvalue weighted by Crippen LogP contribution is -2.29. The van der Waals surface area contributed by atoms with Crippen molar-refractivity contribution in [1.82, 2.24) is 9.88 Å². The molecule has 0 amide bonds. The van der Waals surface area contributed by atoms with Crippen molar-refractivity contribution in [3.05, 3.63) is 98.7 Å². The predicted molar refractivity (Wildman–Crippen MR) is 169 cm³/mol. The quantitative estimate of drug-likeness (QED) is 0.180. The van der Waals surface area contributed by atoms with Gasteiger partial charge in [0.1, 0.15) is 49.7 Å². The largest absolute Gasteiger partial charge is 0.488 e. The van der Waals surface area contributed by atoms with E-state index in [1.807, 2.05) is 48.5 Å². The van der Waals surface area contributed by atoms with E-state index in [0.29, 0.717) is 48.6 Å². The molecule has 0 saturated carbocycles. The molecule has 2 aliphatic rings. The summed E-state index contributed by atoms with van der Waals surface area (Å²) in [5.74, 6) is 2.76. The van der Waals surface area contributed by atoms with Gasteiger partial charge in [-0.05, 0) is 88.9 Å². The second-order valence-corrected chi connectivity index (χ2v) is 11.8. The zero-order valence-corrected chi connectivity index (χ0v) is 26.0. The molecule has 0 spiro atoms. The number of hydrogen-bond acceptors (Lipinski definition) is 7. The molecule has 1 saturated heterocycles. The molecule has 1 aromatic heterocycles. The van der Waals surface area contributed by atoms with Gasteiger partial charge in [0.05, 0.1) is 5.02 Å². The number of likely N-dealkylation sites (tertiary alicyclic amines) is 1. The second-order valence-electron chi connectivity index (χ2n) is 10.6. The van der Waals surface area contributed by atoms with Gasteiger partial charge in [-0.1, -0.05) is 42.3 Å². The maximum Gasteiger partial charge on any atom is 0.161 e. The smallest absolute Gasteiger partial charge is 0.161 e. The molecular weight excluding hydrogens is 630 g/mol. The van der Waals surface area contributed by atoms with E-state index in [1.165, 1.54) is 19.3 Å². The molecule has 0 aliphatic carbocycles. The molecular formula is C34H31BrClN3O4. The van der Waals surface area contributed by atoms with Crippen molar-refractivity contribution in [1.29, 1.82) is 5.26 Å². The fraction of sp³-hybridized carbons (Fsp3) is 0.294. The maximum absolute atomic E-state index is 9.24. The van der Waals surface area contributed by atoms with Crippen molar-refractivity contribution >= 4 is 27.5 Å². The van der Waals surface area contributed by atoms with Crippen molar-refractivity contribution in [2.45, 2.75) is 39.0 Å². The van der Waals surface area contributed by atoms with Gasteiger partial charge in [-0.25, -0.2) is 4.98 Å². The van der Waals surface area contributed by atoms with E-state index in [-0.39, 0.29) is 0 Å². The van der Waals surface area contributed by atoms with Gasteiger partial charge in [0.15, 0.2) is 11.5 Å². The van der Waals surface area contributed by atoms with Crippen LogP contribution in [0.5, 0.6) is 23.0 Å². The fourth-order valence-electron chi connectivity index (χ4n) is 5.37. The Bertz CT molecular complexity index is 1650. The van der Waals surface area contributed by atoms with E-state index in [0.717, 1.165) is 63.4 Å². The third-order valence-electron chi connectivity index (χ3n) is 7.61. The molecule has 0 radical (unpaired) electrons. The number of nitrogens with zero attached hydrogens (tertiary/aromatic N) is 3. The summed E-state index contributed by atoms with van der Waals surface area (Å²) in [6.45, 7) is 4.56. The van der Waals surface area contributed by atoms with Gasteiger partial charge in [0.25, 0.3) is 0 Å². The van der Waals surface area contributed by atoms with Crippen LogP contribution < -0.4 is 18.9 Å². The number of ether oxygens (including phenoxy) is 4. The molecule has 220 valence electrons. The first-order chi connectivity index (χ1) is 21.1. The van der Waals surface area contributed by atoms with E-state index in [2.05, 4.69) is 37.9 Å². The highest BCUT2D eigenvalue weighted by Gasteiger charge is 2.18. The van der Waals surface area contributed by atoms with E-state index in [9.17, 15) is 5.26 Å². The summed E-state index contributed by atoms with van der Waals surface area (Å²) in [6, 6.07) is 21.6. The van der Waals surface area contributed by atoms with Crippen molar-refractivity contribution in [2.75, 3.05) is 26.3 Å². The Balaban J connectivity index is 1.23. The van der Waals surface area contributed by atoms with E-state index in [1.54, 1.807) is 12.3 Å². The lowest BCUT2D eigenvalue weighted by Gasteiger charge is -2.27. The first kappa shape index (κ1) is 29.3. The van der Waals surface area contributed by atoms with E-state index >= 15 is 0 Å². The minimum atomic E-state index is 0.300. The predicted octanol–water partition coefficient (Wildman–Crippen LogP) is 7.95. The highest BCUT2D eigenvalue weighted by molar-refractivity contribution is 9.10. The number of benzene rings is 3. The van der Waals surface area contributed by atoms with E-state index in [4.69, 9.17) is 30.5 Å². The standard InChI is InChI=1S/C34H31BrClN3O4/c35-34-25(5-4-6-28(34)24-7-8-30-33(17-24)41-14-13-40-30)22-43-32-18-31(42-21-23-9-10-38-27(15-23)19-37)26(16-29(32)36)20-39-11-2-1-3-12-39/h4-10,15-18H,1-3,11-14,20-22H2. The Labute approximate surface area is 265 Å². The maximum atomic E-state index is 9.24. The van der Waals surface area contributed by atoms with Gasteiger partial charge in [-0.15, -0.1) is 0 Å². The molecule has 0 atom stereocenters. The Morgan fingerprint density at radius 2 is 1.70 bits per heavy atom. The van der Waals surface area contributed by atoms with Gasteiger partial charge >= 0.3 is 0 Å². The monoisotopic (exact) mass is 659 g/mol. The molecule has 6 rings (SSSR count). The van der Waals surface area contributed by atoms with Gasteiger partial charge in [0.2, 0.25) is 0 Å². The molecule has 2 aliphatic heterocycles. The first-order valence-corrected chi connectivity index (χ1v) is 15.6. The van der Waals surface area contributed by atoms with Crippen LogP contribution in [0.2, 0.25) is 5.02 Å². The summed E-state index contributed by atoms with van der Waals surface area (Å²) in [6.07, 6.45) is 5.28.